The lowest BCUT2D eigenvalue weighted by molar-refractivity contribution is -0.112. The molecule has 0 aliphatic heterocycles. The number of pyridine rings is 1. The van der Waals surface area contributed by atoms with Gasteiger partial charge in [-0.3, -0.25) is 4.98 Å². The summed E-state index contributed by atoms with van der Waals surface area (Å²) in [5.74, 6) is 0. The maximum Gasteiger partial charge on any atom is 0.135 e. The highest BCUT2D eigenvalue weighted by molar-refractivity contribution is 5.77. The highest BCUT2D eigenvalue weighted by atomic mass is 16.1. The maximum atomic E-state index is 12.1. The second kappa shape index (κ2) is 4.80. The first kappa shape index (κ1) is 14.0. The molecular weight excluding hydrogens is 258 g/mol. The smallest absolute Gasteiger partial charge is 0.135 e. The molecule has 1 aromatic heterocycles. The largest absolute Gasteiger partial charge is 0.302 e. The Morgan fingerprint density at radius 3 is 2.38 bits per heavy atom. The zero-order valence-corrected chi connectivity index (χ0v) is 12.9. The summed E-state index contributed by atoms with van der Waals surface area (Å²) in [4.78, 5) is 16.5. The first-order valence-electron chi connectivity index (χ1n) is 7.49. The van der Waals surface area contributed by atoms with Gasteiger partial charge >= 0.3 is 0 Å². The lowest BCUT2D eigenvalue weighted by Crippen LogP contribution is -2.40. The number of nitrogens with zero attached hydrogens (tertiary/aromatic N) is 1. The molecule has 0 N–H and O–H groups in total. The normalized spacial score (nSPS) is 23.4. The fraction of sp³-hybridized carbons (Fsp3) is 0.368. The molecule has 0 spiro atoms. The summed E-state index contributed by atoms with van der Waals surface area (Å²) in [6.07, 6.45) is 4.81. The van der Waals surface area contributed by atoms with Gasteiger partial charge in [0.25, 0.3) is 0 Å². The summed E-state index contributed by atoms with van der Waals surface area (Å²) >= 11 is 0. The number of carbonyl (C=O) groups is 1. The van der Waals surface area contributed by atoms with Gasteiger partial charge < -0.3 is 4.79 Å². The van der Waals surface area contributed by atoms with Crippen molar-refractivity contribution in [1.82, 2.24) is 4.98 Å². The van der Waals surface area contributed by atoms with Crippen LogP contribution in [0.5, 0.6) is 0 Å². The van der Waals surface area contributed by atoms with Crippen LogP contribution in [0.25, 0.3) is 0 Å². The first-order chi connectivity index (χ1) is 9.99. The predicted molar refractivity (Wildman–Crippen MR) is 84.5 cm³/mol. The number of hydrogen-bond acceptors (Lipinski definition) is 2. The molecule has 2 nitrogen and oxygen atoms in total. The molecule has 0 bridgehead atoms. The number of aryl methyl sites for hydroxylation is 1. The molecule has 0 fully saturated rings. The molecule has 1 atom stereocenters. The molecule has 2 aromatic rings. The van der Waals surface area contributed by atoms with Crippen LogP contribution in [0, 0.1) is 6.92 Å². The minimum absolute atomic E-state index is 0.112. The van der Waals surface area contributed by atoms with E-state index >= 15 is 0 Å². The van der Waals surface area contributed by atoms with Crippen LogP contribution in [-0.4, -0.2) is 11.3 Å². The van der Waals surface area contributed by atoms with Gasteiger partial charge in [0, 0.05) is 11.9 Å². The molecule has 1 aliphatic carbocycles. The lowest BCUT2D eigenvalue weighted by Gasteiger charge is -2.42. The van der Waals surface area contributed by atoms with E-state index in [1.165, 1.54) is 5.56 Å². The molecule has 1 aromatic carbocycles. The fourth-order valence-corrected chi connectivity index (χ4v) is 3.46. The van der Waals surface area contributed by atoms with Crippen molar-refractivity contribution in [2.45, 2.75) is 44.4 Å². The van der Waals surface area contributed by atoms with Gasteiger partial charge in [-0.05, 0) is 47.9 Å². The van der Waals surface area contributed by atoms with Gasteiger partial charge in [0.2, 0.25) is 0 Å². The number of aromatic nitrogens is 1. The zero-order valence-electron chi connectivity index (χ0n) is 12.9. The van der Waals surface area contributed by atoms with E-state index in [0.717, 1.165) is 35.9 Å². The zero-order chi connectivity index (χ0) is 15.1. The molecule has 3 rings (SSSR count). The maximum absolute atomic E-state index is 12.1. The van der Waals surface area contributed by atoms with Crippen LogP contribution >= 0.6 is 0 Å². The summed E-state index contributed by atoms with van der Waals surface area (Å²) in [5.41, 5.74) is 3.97. The van der Waals surface area contributed by atoms with E-state index in [0.29, 0.717) is 0 Å². The first-order valence-corrected chi connectivity index (χ1v) is 7.49. The molecule has 108 valence electrons. The standard InChI is InChI=1S/C19H21NO/c1-14-8-9-15(12-20-14)19(13-21)11-10-18(2,3)16-6-4-5-7-17(16)19/h4-9,12-13H,10-11H2,1-3H3. The van der Waals surface area contributed by atoms with Crippen molar-refractivity contribution < 1.29 is 4.79 Å². The number of hydrogen-bond donors (Lipinski definition) is 0. The van der Waals surface area contributed by atoms with E-state index in [9.17, 15) is 4.79 Å². The van der Waals surface area contributed by atoms with Gasteiger partial charge in [-0.2, -0.15) is 0 Å². The van der Waals surface area contributed by atoms with Gasteiger partial charge in [-0.1, -0.05) is 44.2 Å². The quantitative estimate of drug-likeness (QED) is 0.779. The molecular formula is C19H21NO. The van der Waals surface area contributed by atoms with Crippen molar-refractivity contribution in [2.75, 3.05) is 0 Å². The molecule has 1 aliphatic rings. The van der Waals surface area contributed by atoms with Crippen LogP contribution < -0.4 is 0 Å². The minimum Gasteiger partial charge on any atom is -0.302 e. The fourth-order valence-electron chi connectivity index (χ4n) is 3.46. The molecule has 0 saturated carbocycles. The SMILES string of the molecule is Cc1ccc(C2(C=O)CCC(C)(C)c3ccccc32)cn1. The van der Waals surface area contributed by atoms with Gasteiger partial charge in [0.1, 0.15) is 6.29 Å². The third-order valence-electron chi connectivity index (χ3n) is 4.91. The van der Waals surface area contributed by atoms with E-state index in [1.807, 2.05) is 31.3 Å². The monoisotopic (exact) mass is 279 g/mol. The summed E-state index contributed by atoms with van der Waals surface area (Å²) in [6, 6.07) is 12.4. The molecule has 1 unspecified atom stereocenters. The molecule has 0 saturated heterocycles. The summed E-state index contributed by atoms with van der Waals surface area (Å²) in [6.45, 7) is 6.48. The molecule has 2 heteroatoms. The van der Waals surface area contributed by atoms with Gasteiger partial charge in [0.05, 0.1) is 5.41 Å². The van der Waals surface area contributed by atoms with Crippen LogP contribution in [0.2, 0.25) is 0 Å². The van der Waals surface area contributed by atoms with E-state index in [4.69, 9.17) is 0 Å². The van der Waals surface area contributed by atoms with Crippen LogP contribution in [0.15, 0.2) is 42.6 Å². The average molecular weight is 279 g/mol. The Balaban J connectivity index is 2.24. The highest BCUT2D eigenvalue weighted by Crippen LogP contribution is 2.48. The Morgan fingerprint density at radius 1 is 1.05 bits per heavy atom. The van der Waals surface area contributed by atoms with Gasteiger partial charge in [-0.25, -0.2) is 0 Å². The summed E-state index contributed by atoms with van der Waals surface area (Å²) in [5, 5.41) is 0. The van der Waals surface area contributed by atoms with Gasteiger partial charge in [0.15, 0.2) is 0 Å². The topological polar surface area (TPSA) is 30.0 Å². The van der Waals surface area contributed by atoms with Crippen molar-refractivity contribution in [1.29, 1.82) is 0 Å². The number of aldehydes is 1. The van der Waals surface area contributed by atoms with Crippen molar-refractivity contribution >= 4 is 6.29 Å². The van der Waals surface area contributed by atoms with Crippen LogP contribution in [0.3, 0.4) is 0 Å². The van der Waals surface area contributed by atoms with Crippen LogP contribution in [0.4, 0.5) is 0 Å². The van der Waals surface area contributed by atoms with Crippen LogP contribution in [-0.2, 0) is 15.6 Å². The Bertz CT molecular complexity index is 672. The van der Waals surface area contributed by atoms with E-state index in [2.05, 4.69) is 37.0 Å². The number of rotatable bonds is 2. The van der Waals surface area contributed by atoms with E-state index in [1.54, 1.807) is 0 Å². The molecule has 1 heterocycles. The van der Waals surface area contributed by atoms with Gasteiger partial charge in [-0.15, -0.1) is 0 Å². The second-order valence-corrected chi connectivity index (χ2v) is 6.71. The lowest BCUT2D eigenvalue weighted by atomic mass is 9.60. The van der Waals surface area contributed by atoms with Crippen molar-refractivity contribution in [3.8, 4) is 0 Å². The number of fused-ring (bicyclic) bond motifs is 1. The Hall–Kier alpha value is -1.96. The van der Waals surface area contributed by atoms with E-state index < -0.39 is 5.41 Å². The predicted octanol–water partition coefficient (Wildman–Crippen LogP) is 3.95. The van der Waals surface area contributed by atoms with Crippen molar-refractivity contribution in [2.24, 2.45) is 0 Å². The van der Waals surface area contributed by atoms with Crippen molar-refractivity contribution in [3.63, 3.8) is 0 Å². The number of benzene rings is 1. The third-order valence-corrected chi connectivity index (χ3v) is 4.91. The second-order valence-electron chi connectivity index (χ2n) is 6.71. The Labute approximate surface area is 126 Å². The average Bonchev–Trinajstić information content (AvgIpc) is 2.50. The Morgan fingerprint density at radius 2 is 1.76 bits per heavy atom. The molecule has 21 heavy (non-hydrogen) atoms. The summed E-state index contributed by atoms with van der Waals surface area (Å²) in [7, 11) is 0. The van der Waals surface area contributed by atoms with Crippen LogP contribution in [0.1, 0.15) is 49.1 Å². The highest BCUT2D eigenvalue weighted by Gasteiger charge is 2.43. The van der Waals surface area contributed by atoms with E-state index in [-0.39, 0.29) is 5.41 Å². The molecule has 0 radical (unpaired) electrons. The third kappa shape index (κ3) is 2.10. The number of carbonyl (C=O) groups excluding carboxylic acids is 1. The Kier molecular flexibility index (Phi) is 3.20. The summed E-state index contributed by atoms with van der Waals surface area (Å²) < 4.78 is 0. The van der Waals surface area contributed by atoms with Crippen molar-refractivity contribution in [3.05, 3.63) is 65.0 Å². The molecule has 0 amide bonds. The minimum atomic E-state index is -0.549.